The van der Waals surface area contributed by atoms with Gasteiger partial charge in [-0.25, -0.2) is 0 Å². The van der Waals surface area contributed by atoms with Gasteiger partial charge in [0.2, 0.25) is 5.91 Å². The van der Waals surface area contributed by atoms with Crippen LogP contribution >= 0.6 is 11.8 Å². The summed E-state index contributed by atoms with van der Waals surface area (Å²) in [5.41, 5.74) is 5.67. The molecule has 2 aliphatic carbocycles. The highest BCUT2D eigenvalue weighted by Crippen LogP contribution is 2.39. The van der Waals surface area contributed by atoms with Gasteiger partial charge in [-0.2, -0.15) is 11.8 Å². The summed E-state index contributed by atoms with van der Waals surface area (Å²) in [6, 6.07) is 0. The molecule has 104 valence electrons. The third kappa shape index (κ3) is 3.02. The minimum atomic E-state index is -0.587. The van der Waals surface area contributed by atoms with Gasteiger partial charge in [-0.05, 0) is 31.9 Å². The Hall–Kier alpha value is -0.220. The Morgan fingerprint density at radius 3 is 2.22 bits per heavy atom. The molecule has 0 aromatic rings. The molecule has 2 rings (SSSR count). The van der Waals surface area contributed by atoms with Gasteiger partial charge >= 0.3 is 0 Å². The average Bonchev–Trinajstić information content (AvgIpc) is 2.86. The van der Waals surface area contributed by atoms with E-state index in [0.717, 1.165) is 32.2 Å². The molecule has 3 N–H and O–H groups in total. The Bertz CT molecular complexity index is 294. The largest absolute Gasteiger partial charge is 0.353 e. The van der Waals surface area contributed by atoms with Crippen molar-refractivity contribution in [1.29, 1.82) is 0 Å². The topological polar surface area (TPSA) is 55.1 Å². The molecule has 0 aromatic heterocycles. The molecular formula is C14H26N2OS. The number of thioether (sulfide) groups is 1. The lowest BCUT2D eigenvalue weighted by Gasteiger charge is -2.34. The average molecular weight is 270 g/mol. The molecule has 1 amide bonds. The van der Waals surface area contributed by atoms with Crippen LogP contribution in [0.25, 0.3) is 0 Å². The minimum absolute atomic E-state index is 0.0857. The van der Waals surface area contributed by atoms with Crippen LogP contribution in [-0.4, -0.2) is 29.0 Å². The second kappa shape index (κ2) is 5.83. The summed E-state index contributed by atoms with van der Waals surface area (Å²) >= 11 is 1.91. The van der Waals surface area contributed by atoms with Gasteiger partial charge < -0.3 is 11.1 Å². The molecule has 3 nitrogen and oxygen atoms in total. The standard InChI is InChI=1S/C14H26N2OS/c1-18-13(7-5-6-8-13)11-16-12(17)14(15)9-3-2-4-10-14/h2-11,15H2,1H3,(H,16,17). The molecule has 0 radical (unpaired) electrons. The second-order valence-electron chi connectivity index (χ2n) is 5.99. The maximum atomic E-state index is 12.3. The molecule has 0 saturated heterocycles. The van der Waals surface area contributed by atoms with Gasteiger partial charge in [-0.1, -0.05) is 32.1 Å². The molecular weight excluding hydrogens is 244 g/mol. The van der Waals surface area contributed by atoms with Crippen molar-refractivity contribution in [2.75, 3.05) is 12.8 Å². The Balaban J connectivity index is 1.87. The normalized spacial score (nSPS) is 25.9. The van der Waals surface area contributed by atoms with Crippen molar-refractivity contribution in [3.8, 4) is 0 Å². The fourth-order valence-electron chi connectivity index (χ4n) is 3.30. The van der Waals surface area contributed by atoms with Crippen LogP contribution in [0, 0.1) is 0 Å². The maximum absolute atomic E-state index is 12.3. The summed E-state index contributed by atoms with van der Waals surface area (Å²) in [4.78, 5) is 12.3. The van der Waals surface area contributed by atoms with Gasteiger partial charge in [0.1, 0.15) is 0 Å². The van der Waals surface area contributed by atoms with Crippen LogP contribution in [0.4, 0.5) is 0 Å². The zero-order chi connectivity index (χ0) is 13.1. The number of carbonyl (C=O) groups is 1. The van der Waals surface area contributed by atoms with Gasteiger partial charge in [0.25, 0.3) is 0 Å². The summed E-state index contributed by atoms with van der Waals surface area (Å²) in [6.07, 6.45) is 12.3. The number of carbonyl (C=O) groups excluding carboxylic acids is 1. The molecule has 2 saturated carbocycles. The summed E-state index contributed by atoms with van der Waals surface area (Å²) in [6.45, 7) is 0.798. The lowest BCUT2D eigenvalue weighted by Crippen LogP contribution is -2.56. The van der Waals surface area contributed by atoms with Gasteiger partial charge in [0.05, 0.1) is 5.54 Å². The number of nitrogens with one attached hydrogen (secondary N) is 1. The maximum Gasteiger partial charge on any atom is 0.240 e. The summed E-state index contributed by atoms with van der Waals surface area (Å²) < 4.78 is 0.278. The molecule has 0 heterocycles. The fraction of sp³-hybridized carbons (Fsp3) is 0.929. The molecule has 0 spiro atoms. The van der Waals surface area contributed by atoms with E-state index in [1.807, 2.05) is 11.8 Å². The van der Waals surface area contributed by atoms with Crippen molar-refractivity contribution < 1.29 is 4.79 Å². The highest BCUT2D eigenvalue weighted by atomic mass is 32.2. The molecule has 18 heavy (non-hydrogen) atoms. The van der Waals surface area contributed by atoms with E-state index >= 15 is 0 Å². The number of nitrogens with two attached hydrogens (primary N) is 1. The fourth-order valence-corrected chi connectivity index (χ4v) is 4.21. The zero-order valence-electron chi connectivity index (χ0n) is 11.5. The van der Waals surface area contributed by atoms with Gasteiger partial charge in [0, 0.05) is 11.3 Å². The van der Waals surface area contributed by atoms with Gasteiger partial charge in [0.15, 0.2) is 0 Å². The predicted molar refractivity (Wildman–Crippen MR) is 77.7 cm³/mol. The number of rotatable bonds is 4. The Labute approximate surface area is 115 Å². The summed E-state index contributed by atoms with van der Waals surface area (Å²) in [5.74, 6) is 0.0857. The van der Waals surface area contributed by atoms with Crippen LogP contribution in [-0.2, 0) is 4.79 Å². The molecule has 0 aliphatic heterocycles. The number of hydrogen-bond acceptors (Lipinski definition) is 3. The van der Waals surface area contributed by atoms with Crippen molar-refractivity contribution in [2.24, 2.45) is 5.73 Å². The van der Waals surface area contributed by atoms with Crippen LogP contribution in [0.2, 0.25) is 0 Å². The van der Waals surface area contributed by atoms with Crippen molar-refractivity contribution in [2.45, 2.75) is 68.1 Å². The highest BCUT2D eigenvalue weighted by molar-refractivity contribution is 8.00. The Morgan fingerprint density at radius 2 is 1.67 bits per heavy atom. The predicted octanol–water partition coefficient (Wildman–Crippen LogP) is 2.44. The van der Waals surface area contributed by atoms with E-state index in [1.165, 1.54) is 32.1 Å². The number of hydrogen-bond donors (Lipinski definition) is 2. The third-order valence-electron chi connectivity index (χ3n) is 4.72. The van der Waals surface area contributed by atoms with Crippen molar-refractivity contribution >= 4 is 17.7 Å². The molecule has 2 fully saturated rings. The Kier molecular flexibility index (Phi) is 4.59. The first kappa shape index (κ1) is 14.2. The molecule has 4 heteroatoms. The molecule has 0 atom stereocenters. The smallest absolute Gasteiger partial charge is 0.240 e. The lowest BCUT2D eigenvalue weighted by atomic mass is 9.82. The minimum Gasteiger partial charge on any atom is -0.353 e. The van der Waals surface area contributed by atoms with Crippen LogP contribution in [0.1, 0.15) is 57.8 Å². The quantitative estimate of drug-likeness (QED) is 0.825. The van der Waals surface area contributed by atoms with E-state index in [1.54, 1.807) is 0 Å². The molecule has 0 unspecified atom stereocenters. The molecule has 0 aromatic carbocycles. The van der Waals surface area contributed by atoms with Crippen LogP contribution in [0.3, 0.4) is 0 Å². The van der Waals surface area contributed by atoms with E-state index in [0.29, 0.717) is 0 Å². The van der Waals surface area contributed by atoms with E-state index in [9.17, 15) is 4.79 Å². The lowest BCUT2D eigenvalue weighted by molar-refractivity contribution is -0.127. The SMILES string of the molecule is CSC1(CNC(=O)C2(N)CCCCC2)CCCC1. The van der Waals surface area contributed by atoms with Crippen LogP contribution < -0.4 is 11.1 Å². The van der Waals surface area contributed by atoms with Crippen molar-refractivity contribution in [3.63, 3.8) is 0 Å². The van der Waals surface area contributed by atoms with Crippen molar-refractivity contribution in [3.05, 3.63) is 0 Å². The Morgan fingerprint density at radius 1 is 1.11 bits per heavy atom. The van der Waals surface area contributed by atoms with E-state index in [4.69, 9.17) is 5.73 Å². The van der Waals surface area contributed by atoms with Gasteiger partial charge in [-0.3, -0.25) is 4.79 Å². The summed E-state index contributed by atoms with van der Waals surface area (Å²) in [5, 5.41) is 3.14. The van der Waals surface area contributed by atoms with Crippen molar-refractivity contribution in [1.82, 2.24) is 5.32 Å². The second-order valence-corrected chi connectivity index (χ2v) is 7.27. The highest BCUT2D eigenvalue weighted by Gasteiger charge is 2.38. The molecule has 2 aliphatic rings. The van der Waals surface area contributed by atoms with Crippen LogP contribution in [0.5, 0.6) is 0 Å². The zero-order valence-corrected chi connectivity index (χ0v) is 12.3. The van der Waals surface area contributed by atoms with Crippen LogP contribution in [0.15, 0.2) is 0 Å². The van der Waals surface area contributed by atoms with Gasteiger partial charge in [-0.15, -0.1) is 0 Å². The van der Waals surface area contributed by atoms with E-state index < -0.39 is 5.54 Å². The first-order valence-corrected chi connectivity index (χ1v) is 8.45. The van der Waals surface area contributed by atoms with E-state index in [2.05, 4.69) is 11.6 Å². The monoisotopic (exact) mass is 270 g/mol. The first-order valence-electron chi connectivity index (χ1n) is 7.23. The molecule has 0 bridgehead atoms. The number of amides is 1. The summed E-state index contributed by atoms with van der Waals surface area (Å²) in [7, 11) is 0. The first-order chi connectivity index (χ1) is 8.60. The van der Waals surface area contributed by atoms with E-state index in [-0.39, 0.29) is 10.7 Å². The third-order valence-corrected chi connectivity index (χ3v) is 6.14.